The quantitative estimate of drug-likeness (QED) is 0.693. The van der Waals surface area contributed by atoms with E-state index in [0.29, 0.717) is 22.8 Å². The van der Waals surface area contributed by atoms with Crippen molar-refractivity contribution in [2.24, 2.45) is 0 Å². The van der Waals surface area contributed by atoms with Crippen LogP contribution in [0.25, 0.3) is 11.5 Å². The SMILES string of the molecule is C[C@@H](NC(=O)c1ccccc1)C(=O)OCc1cc(-c2ccco2)on1. The fourth-order valence-electron chi connectivity index (χ4n) is 2.11. The van der Waals surface area contributed by atoms with Gasteiger partial charge in [0, 0.05) is 11.6 Å². The Labute approximate surface area is 143 Å². The Morgan fingerprint density at radius 3 is 2.68 bits per heavy atom. The first-order valence-electron chi connectivity index (χ1n) is 7.65. The molecule has 1 amide bonds. The highest BCUT2D eigenvalue weighted by Crippen LogP contribution is 2.20. The molecule has 128 valence electrons. The second kappa shape index (κ2) is 7.48. The molecule has 0 aliphatic heterocycles. The highest BCUT2D eigenvalue weighted by Gasteiger charge is 2.19. The maximum absolute atomic E-state index is 12.0. The standard InChI is InChI=1S/C18H16N2O5/c1-12(19-17(21)13-6-3-2-4-7-13)18(22)24-11-14-10-16(25-20-14)15-8-5-9-23-15/h2-10,12H,11H2,1H3,(H,19,21)/t12-/m1/s1. The van der Waals surface area contributed by atoms with Crippen molar-refractivity contribution in [3.05, 3.63) is 66.1 Å². The number of aromatic nitrogens is 1. The number of nitrogens with zero attached hydrogens (tertiary/aromatic N) is 1. The van der Waals surface area contributed by atoms with Gasteiger partial charge in [-0.1, -0.05) is 23.4 Å². The van der Waals surface area contributed by atoms with Gasteiger partial charge in [-0.25, -0.2) is 4.79 Å². The highest BCUT2D eigenvalue weighted by atomic mass is 16.5. The summed E-state index contributed by atoms with van der Waals surface area (Å²) in [6, 6.07) is 12.9. The molecule has 0 saturated carbocycles. The summed E-state index contributed by atoms with van der Waals surface area (Å²) in [6.07, 6.45) is 1.52. The molecule has 0 aliphatic carbocycles. The van der Waals surface area contributed by atoms with Gasteiger partial charge in [0.05, 0.1) is 6.26 Å². The van der Waals surface area contributed by atoms with Crippen LogP contribution in [-0.2, 0) is 16.1 Å². The Balaban J connectivity index is 1.51. The third-order valence-corrected chi connectivity index (χ3v) is 3.42. The van der Waals surface area contributed by atoms with E-state index in [1.54, 1.807) is 49.4 Å². The number of amides is 1. The van der Waals surface area contributed by atoms with Crippen molar-refractivity contribution in [1.29, 1.82) is 0 Å². The first-order valence-corrected chi connectivity index (χ1v) is 7.65. The first kappa shape index (κ1) is 16.5. The number of furan rings is 1. The zero-order valence-electron chi connectivity index (χ0n) is 13.5. The lowest BCUT2D eigenvalue weighted by atomic mass is 10.2. The summed E-state index contributed by atoms with van der Waals surface area (Å²) in [5, 5.41) is 6.40. The molecule has 0 unspecified atom stereocenters. The summed E-state index contributed by atoms with van der Waals surface area (Å²) < 4.78 is 15.5. The summed E-state index contributed by atoms with van der Waals surface area (Å²) in [5.41, 5.74) is 0.920. The largest absolute Gasteiger partial charge is 0.461 e. The normalized spacial score (nSPS) is 11.7. The summed E-state index contributed by atoms with van der Waals surface area (Å²) >= 11 is 0. The van der Waals surface area contributed by atoms with Crippen molar-refractivity contribution >= 4 is 11.9 Å². The highest BCUT2D eigenvalue weighted by molar-refractivity contribution is 5.96. The molecule has 3 rings (SSSR count). The molecule has 2 aromatic heterocycles. The van der Waals surface area contributed by atoms with Crippen LogP contribution in [-0.4, -0.2) is 23.1 Å². The van der Waals surface area contributed by atoms with Crippen LogP contribution >= 0.6 is 0 Å². The smallest absolute Gasteiger partial charge is 0.328 e. The van der Waals surface area contributed by atoms with E-state index in [4.69, 9.17) is 13.7 Å². The van der Waals surface area contributed by atoms with Crippen molar-refractivity contribution in [3.8, 4) is 11.5 Å². The Bertz CT molecular complexity index is 840. The Morgan fingerprint density at radius 2 is 1.96 bits per heavy atom. The minimum absolute atomic E-state index is 0.0609. The number of benzene rings is 1. The molecular weight excluding hydrogens is 324 g/mol. The molecule has 0 fully saturated rings. The molecule has 7 nitrogen and oxygen atoms in total. The summed E-state index contributed by atoms with van der Waals surface area (Å²) in [4.78, 5) is 24.0. The first-order chi connectivity index (χ1) is 12.1. The number of ether oxygens (including phenoxy) is 1. The van der Waals surface area contributed by atoms with Gasteiger partial charge in [-0.15, -0.1) is 0 Å². The van der Waals surface area contributed by atoms with E-state index in [1.807, 2.05) is 6.07 Å². The van der Waals surface area contributed by atoms with Gasteiger partial charge in [0.25, 0.3) is 5.91 Å². The minimum Gasteiger partial charge on any atom is -0.461 e. The molecule has 1 atom stereocenters. The van der Waals surface area contributed by atoms with Gasteiger partial charge in [-0.3, -0.25) is 4.79 Å². The number of rotatable bonds is 6. The summed E-state index contributed by atoms with van der Waals surface area (Å²) in [7, 11) is 0. The third-order valence-electron chi connectivity index (χ3n) is 3.42. The van der Waals surface area contributed by atoms with E-state index in [9.17, 15) is 9.59 Å². The van der Waals surface area contributed by atoms with Crippen molar-refractivity contribution in [2.75, 3.05) is 0 Å². The Kier molecular flexibility index (Phi) is 4.94. The Morgan fingerprint density at radius 1 is 1.16 bits per heavy atom. The zero-order chi connectivity index (χ0) is 17.6. The molecule has 0 saturated heterocycles. The fourth-order valence-corrected chi connectivity index (χ4v) is 2.11. The molecular formula is C18H16N2O5. The minimum atomic E-state index is -0.788. The second-order valence-electron chi connectivity index (χ2n) is 5.33. The molecule has 1 N–H and O–H groups in total. The molecule has 2 heterocycles. The number of hydrogen-bond donors (Lipinski definition) is 1. The lowest BCUT2D eigenvalue weighted by Crippen LogP contribution is -2.39. The fraction of sp³-hybridized carbons (Fsp3) is 0.167. The predicted octanol–water partition coefficient (Wildman–Crippen LogP) is 2.80. The van der Waals surface area contributed by atoms with Gasteiger partial charge in [-0.2, -0.15) is 0 Å². The van der Waals surface area contributed by atoms with Gasteiger partial charge in [-0.05, 0) is 31.2 Å². The third kappa shape index (κ3) is 4.14. The summed E-state index contributed by atoms with van der Waals surface area (Å²) in [6.45, 7) is 1.49. The van der Waals surface area contributed by atoms with Gasteiger partial charge in [0.2, 0.25) is 5.76 Å². The van der Waals surface area contributed by atoms with Gasteiger partial charge in [0.15, 0.2) is 5.76 Å². The number of hydrogen-bond acceptors (Lipinski definition) is 6. The zero-order valence-corrected chi connectivity index (χ0v) is 13.5. The molecule has 7 heteroatoms. The molecule has 0 bridgehead atoms. The molecule has 25 heavy (non-hydrogen) atoms. The molecule has 0 radical (unpaired) electrons. The molecule has 0 aliphatic rings. The maximum Gasteiger partial charge on any atom is 0.328 e. The van der Waals surface area contributed by atoms with Crippen LogP contribution in [0.4, 0.5) is 0 Å². The lowest BCUT2D eigenvalue weighted by Gasteiger charge is -2.12. The number of esters is 1. The number of carbonyl (C=O) groups is 2. The number of carbonyl (C=O) groups excluding carboxylic acids is 2. The monoisotopic (exact) mass is 340 g/mol. The van der Waals surface area contributed by atoms with E-state index < -0.39 is 12.0 Å². The van der Waals surface area contributed by atoms with Crippen LogP contribution in [0.5, 0.6) is 0 Å². The predicted molar refractivity (Wildman–Crippen MR) is 87.4 cm³/mol. The van der Waals surface area contributed by atoms with Crippen molar-refractivity contribution < 1.29 is 23.3 Å². The summed E-state index contributed by atoms with van der Waals surface area (Å²) in [5.74, 6) is 0.0773. The van der Waals surface area contributed by atoms with Crippen LogP contribution in [0.3, 0.4) is 0 Å². The Hall–Kier alpha value is -3.35. The van der Waals surface area contributed by atoms with Crippen molar-refractivity contribution in [3.63, 3.8) is 0 Å². The van der Waals surface area contributed by atoms with Gasteiger partial charge >= 0.3 is 5.97 Å². The lowest BCUT2D eigenvalue weighted by molar-refractivity contribution is -0.146. The van der Waals surface area contributed by atoms with Crippen LogP contribution in [0, 0.1) is 0 Å². The van der Waals surface area contributed by atoms with Crippen LogP contribution in [0.2, 0.25) is 0 Å². The van der Waals surface area contributed by atoms with E-state index in [-0.39, 0.29) is 12.5 Å². The van der Waals surface area contributed by atoms with Crippen molar-refractivity contribution in [2.45, 2.75) is 19.6 Å². The molecule has 0 spiro atoms. The van der Waals surface area contributed by atoms with E-state index >= 15 is 0 Å². The number of nitrogens with one attached hydrogen (secondary N) is 1. The topological polar surface area (TPSA) is 94.6 Å². The average molecular weight is 340 g/mol. The van der Waals surface area contributed by atoms with E-state index in [0.717, 1.165) is 0 Å². The van der Waals surface area contributed by atoms with Gasteiger partial charge in [0.1, 0.15) is 18.3 Å². The van der Waals surface area contributed by atoms with Crippen LogP contribution < -0.4 is 5.32 Å². The molecule has 1 aromatic carbocycles. The van der Waals surface area contributed by atoms with Gasteiger partial charge < -0.3 is 19.0 Å². The maximum atomic E-state index is 12.0. The average Bonchev–Trinajstić information content (AvgIpc) is 3.31. The van der Waals surface area contributed by atoms with Crippen LogP contribution in [0.1, 0.15) is 23.0 Å². The van der Waals surface area contributed by atoms with Crippen LogP contribution in [0.15, 0.2) is 63.7 Å². The molecule has 3 aromatic rings. The van der Waals surface area contributed by atoms with E-state index in [1.165, 1.54) is 6.26 Å². The van der Waals surface area contributed by atoms with Crippen molar-refractivity contribution in [1.82, 2.24) is 10.5 Å². The van der Waals surface area contributed by atoms with E-state index in [2.05, 4.69) is 10.5 Å². The second-order valence-corrected chi connectivity index (χ2v) is 5.33.